The highest BCUT2D eigenvalue weighted by Gasteiger charge is 2.40. The summed E-state index contributed by atoms with van der Waals surface area (Å²) >= 11 is 0. The lowest BCUT2D eigenvalue weighted by Crippen LogP contribution is -2.38. The first-order chi connectivity index (χ1) is 7.77. The smallest absolute Gasteiger partial charge is 0.330 e. The summed E-state index contributed by atoms with van der Waals surface area (Å²) in [5.74, 6) is -4.11. The number of halogens is 4. The fraction of sp³-hybridized carbons (Fsp3) is 0.900. The topological polar surface area (TPSA) is 45.0 Å². The third-order valence-electron chi connectivity index (χ3n) is 2.38. The van der Waals surface area contributed by atoms with Crippen molar-refractivity contribution < 1.29 is 22.3 Å². The molecule has 0 aromatic carbocycles. The van der Waals surface area contributed by atoms with Crippen molar-refractivity contribution >= 4 is 0 Å². The molecule has 0 rings (SSSR count). The zero-order chi connectivity index (χ0) is 13.5. The Morgan fingerprint density at radius 3 is 2.41 bits per heavy atom. The molecule has 0 radical (unpaired) electrons. The number of hydrogen-bond acceptors (Lipinski definition) is 3. The van der Waals surface area contributed by atoms with Crippen LogP contribution in [0.15, 0.2) is 0 Å². The minimum absolute atomic E-state index is 0.0821. The molecule has 1 unspecified atom stereocenters. The molecule has 17 heavy (non-hydrogen) atoms. The number of hydrogen-bond donors (Lipinski definition) is 1. The van der Waals surface area contributed by atoms with E-state index in [0.717, 1.165) is 0 Å². The molecule has 0 bridgehead atoms. The van der Waals surface area contributed by atoms with Gasteiger partial charge in [0.2, 0.25) is 0 Å². The maximum Gasteiger partial charge on any atom is 0.330 e. The van der Waals surface area contributed by atoms with Gasteiger partial charge in [0, 0.05) is 6.61 Å². The molecule has 0 saturated heterocycles. The van der Waals surface area contributed by atoms with Crippen LogP contribution in [-0.2, 0) is 4.74 Å². The molecule has 0 aromatic rings. The summed E-state index contributed by atoms with van der Waals surface area (Å²) in [5.41, 5.74) is -0.755. The first-order valence-corrected chi connectivity index (χ1v) is 5.11. The van der Waals surface area contributed by atoms with Crippen LogP contribution in [0.5, 0.6) is 0 Å². The monoisotopic (exact) mass is 256 g/mol. The summed E-state index contributed by atoms with van der Waals surface area (Å²) in [6.07, 6.45) is -2.99. The first-order valence-electron chi connectivity index (χ1n) is 5.11. The molecule has 0 aromatic heterocycles. The van der Waals surface area contributed by atoms with Crippen molar-refractivity contribution in [3.8, 4) is 6.07 Å². The Balaban J connectivity index is 3.78. The van der Waals surface area contributed by atoms with E-state index in [9.17, 15) is 17.6 Å². The van der Waals surface area contributed by atoms with Crippen molar-refractivity contribution in [3.63, 3.8) is 0 Å². The summed E-state index contributed by atoms with van der Waals surface area (Å²) in [6.45, 7) is 0.273. The summed E-state index contributed by atoms with van der Waals surface area (Å²) in [4.78, 5) is 0. The normalized spacial score (nSPS) is 15.6. The Morgan fingerprint density at radius 1 is 1.41 bits per heavy atom. The molecule has 0 aliphatic carbocycles. The van der Waals surface area contributed by atoms with Crippen LogP contribution < -0.4 is 5.32 Å². The van der Waals surface area contributed by atoms with Gasteiger partial charge in [0.05, 0.1) is 6.07 Å². The largest absolute Gasteiger partial charge is 0.375 e. The van der Waals surface area contributed by atoms with E-state index in [1.807, 2.05) is 6.07 Å². The van der Waals surface area contributed by atoms with Gasteiger partial charge in [-0.15, -0.1) is 0 Å². The van der Waals surface area contributed by atoms with Crippen molar-refractivity contribution in [2.24, 2.45) is 0 Å². The first kappa shape index (κ1) is 16.1. The van der Waals surface area contributed by atoms with Crippen LogP contribution in [0.25, 0.3) is 0 Å². The summed E-state index contributed by atoms with van der Waals surface area (Å²) in [6, 6.07) is 2.02. The predicted molar refractivity (Wildman–Crippen MR) is 54.1 cm³/mol. The number of rotatable bonds is 8. The molecule has 0 saturated carbocycles. The lowest BCUT2D eigenvalue weighted by atomic mass is 9.98. The van der Waals surface area contributed by atoms with Gasteiger partial charge < -0.3 is 10.1 Å². The third-order valence-corrected chi connectivity index (χ3v) is 2.38. The quantitative estimate of drug-likeness (QED) is 0.535. The predicted octanol–water partition coefficient (Wildman–Crippen LogP) is 2.19. The zero-order valence-electron chi connectivity index (χ0n) is 9.77. The standard InChI is InChI=1S/C10H16F4N2O/c1-9(6-15,16-2)4-3-5-17-7-10(13,14)8(11)12/h8,16H,3-5,7H2,1-2H3. The van der Waals surface area contributed by atoms with Crippen LogP contribution in [0, 0.1) is 11.3 Å². The molecule has 0 aliphatic rings. The van der Waals surface area contributed by atoms with Crippen LogP contribution >= 0.6 is 0 Å². The Bertz CT molecular complexity index is 268. The molecule has 0 spiro atoms. The summed E-state index contributed by atoms with van der Waals surface area (Å²) in [5, 5.41) is 11.5. The van der Waals surface area contributed by atoms with Crippen LogP contribution in [0.3, 0.4) is 0 Å². The molecule has 1 atom stereocenters. The highest BCUT2D eigenvalue weighted by molar-refractivity contribution is 5.02. The van der Waals surface area contributed by atoms with E-state index in [1.54, 1.807) is 14.0 Å². The summed E-state index contributed by atoms with van der Waals surface area (Å²) < 4.78 is 52.8. The maximum absolute atomic E-state index is 12.4. The van der Waals surface area contributed by atoms with E-state index in [1.165, 1.54) is 0 Å². The number of alkyl halides is 4. The second-order valence-electron chi connectivity index (χ2n) is 3.91. The Kier molecular flexibility index (Phi) is 6.42. The number of ether oxygens (including phenoxy) is 1. The number of nitrogens with one attached hydrogen (secondary N) is 1. The van der Waals surface area contributed by atoms with Crippen LogP contribution in [-0.4, -0.2) is 38.1 Å². The van der Waals surface area contributed by atoms with Gasteiger partial charge in [-0.1, -0.05) is 0 Å². The maximum atomic E-state index is 12.4. The van der Waals surface area contributed by atoms with Crippen LogP contribution in [0.1, 0.15) is 19.8 Å². The van der Waals surface area contributed by atoms with Crippen molar-refractivity contribution in [2.75, 3.05) is 20.3 Å². The van der Waals surface area contributed by atoms with Gasteiger partial charge in [-0.05, 0) is 26.8 Å². The van der Waals surface area contributed by atoms with E-state index >= 15 is 0 Å². The fourth-order valence-corrected chi connectivity index (χ4v) is 1.04. The average Bonchev–Trinajstić information content (AvgIpc) is 2.28. The zero-order valence-corrected chi connectivity index (χ0v) is 9.77. The van der Waals surface area contributed by atoms with Gasteiger partial charge in [0.25, 0.3) is 0 Å². The summed E-state index contributed by atoms with van der Waals surface area (Å²) in [7, 11) is 1.61. The van der Waals surface area contributed by atoms with Crippen molar-refractivity contribution in [2.45, 2.75) is 37.7 Å². The van der Waals surface area contributed by atoms with Gasteiger partial charge in [0.15, 0.2) is 0 Å². The molecule has 3 nitrogen and oxygen atoms in total. The molecule has 0 aliphatic heterocycles. The van der Waals surface area contributed by atoms with Gasteiger partial charge in [-0.3, -0.25) is 0 Å². The number of nitrogens with zero attached hydrogens (tertiary/aromatic N) is 1. The highest BCUT2D eigenvalue weighted by Crippen LogP contribution is 2.23. The fourth-order valence-electron chi connectivity index (χ4n) is 1.04. The van der Waals surface area contributed by atoms with Crippen molar-refractivity contribution in [1.82, 2.24) is 5.32 Å². The molecule has 1 N–H and O–H groups in total. The van der Waals surface area contributed by atoms with E-state index < -0.39 is 24.5 Å². The van der Waals surface area contributed by atoms with E-state index in [2.05, 4.69) is 10.1 Å². The second kappa shape index (κ2) is 6.77. The number of nitriles is 1. The van der Waals surface area contributed by atoms with Crippen LogP contribution in [0.4, 0.5) is 17.6 Å². The van der Waals surface area contributed by atoms with Crippen LogP contribution in [0.2, 0.25) is 0 Å². The van der Waals surface area contributed by atoms with Gasteiger partial charge >= 0.3 is 12.3 Å². The lowest BCUT2D eigenvalue weighted by Gasteiger charge is -2.20. The molecule has 7 heteroatoms. The highest BCUT2D eigenvalue weighted by atomic mass is 19.3. The van der Waals surface area contributed by atoms with Gasteiger partial charge in [0.1, 0.15) is 12.1 Å². The molecule has 100 valence electrons. The van der Waals surface area contributed by atoms with Gasteiger partial charge in [-0.2, -0.15) is 14.0 Å². The average molecular weight is 256 g/mol. The molecule has 0 fully saturated rings. The second-order valence-corrected chi connectivity index (χ2v) is 3.91. The SMILES string of the molecule is CNC(C)(C#N)CCCOCC(F)(F)C(F)F. The van der Waals surface area contributed by atoms with Gasteiger partial charge in [-0.25, -0.2) is 8.78 Å². The molecular weight excluding hydrogens is 240 g/mol. The Hall–Kier alpha value is -0.870. The van der Waals surface area contributed by atoms with Crippen molar-refractivity contribution in [1.29, 1.82) is 5.26 Å². The minimum atomic E-state index is -4.11. The molecule has 0 heterocycles. The minimum Gasteiger partial charge on any atom is -0.375 e. The third kappa shape index (κ3) is 5.84. The van der Waals surface area contributed by atoms with Crippen molar-refractivity contribution in [3.05, 3.63) is 0 Å². The molecule has 0 amide bonds. The molecular formula is C10H16F4N2O. The van der Waals surface area contributed by atoms with E-state index in [4.69, 9.17) is 5.26 Å². The Morgan fingerprint density at radius 2 is 2.00 bits per heavy atom. The lowest BCUT2D eigenvalue weighted by molar-refractivity contribution is -0.166. The Labute approximate surface area is 97.7 Å². The van der Waals surface area contributed by atoms with E-state index in [0.29, 0.717) is 12.8 Å². The van der Waals surface area contributed by atoms with E-state index in [-0.39, 0.29) is 6.61 Å².